The molecular weight excluding hydrogens is 310 g/mol. The number of hydrogen-bond acceptors (Lipinski definition) is 5. The predicted molar refractivity (Wildman–Crippen MR) is 87.9 cm³/mol. The van der Waals surface area contributed by atoms with Crippen LogP contribution in [0.5, 0.6) is 0 Å². The largest absolute Gasteiger partial charge is 0.444 e. The Hall–Kier alpha value is -2.64. The molecule has 0 radical (unpaired) electrons. The first-order valence-electron chi connectivity index (χ1n) is 7.84. The molecule has 0 unspecified atom stereocenters. The number of nitrogens with zero attached hydrogens (tertiary/aromatic N) is 5. The number of aromatic nitrogens is 3. The lowest BCUT2D eigenvalue weighted by atomic mass is 10.2. The van der Waals surface area contributed by atoms with Gasteiger partial charge in [0.25, 0.3) is 0 Å². The quantitative estimate of drug-likeness (QED) is 0.793. The number of hydrogen-bond donors (Lipinski definition) is 0. The van der Waals surface area contributed by atoms with Gasteiger partial charge in [-0.2, -0.15) is 5.10 Å². The average molecular weight is 331 g/mol. The second kappa shape index (κ2) is 5.77. The highest BCUT2D eigenvalue weighted by Gasteiger charge is 2.32. The molecule has 0 aliphatic carbocycles. The summed E-state index contributed by atoms with van der Waals surface area (Å²) in [5.41, 5.74) is 1.56. The van der Waals surface area contributed by atoms with Crippen molar-refractivity contribution < 1.29 is 14.3 Å². The van der Waals surface area contributed by atoms with Crippen LogP contribution < -0.4 is 4.90 Å². The van der Waals surface area contributed by atoms with Gasteiger partial charge in [0.15, 0.2) is 5.65 Å². The third-order valence-corrected chi connectivity index (χ3v) is 3.65. The van der Waals surface area contributed by atoms with Crippen molar-refractivity contribution in [3.05, 3.63) is 24.2 Å². The Morgan fingerprint density at radius 1 is 1.29 bits per heavy atom. The predicted octanol–water partition coefficient (Wildman–Crippen LogP) is 1.62. The van der Waals surface area contributed by atoms with Gasteiger partial charge >= 0.3 is 6.09 Å². The highest BCUT2D eigenvalue weighted by atomic mass is 16.6. The van der Waals surface area contributed by atoms with E-state index in [2.05, 4.69) is 10.1 Å². The molecule has 0 atom stereocenters. The second-order valence-electron chi connectivity index (χ2n) is 6.81. The standard InChI is InChI=1S/C16H21N5O3/c1-11-5-6-21-14(18-11)12(9-17-21)20-8-7-19(10-13(20)22)15(23)24-16(2,3)4/h5-6,9H,7-8,10H2,1-4H3. The number of anilines is 1. The van der Waals surface area contributed by atoms with Crippen LogP contribution in [0, 0.1) is 6.92 Å². The van der Waals surface area contributed by atoms with Crippen LogP contribution in [0.4, 0.5) is 10.5 Å². The lowest BCUT2D eigenvalue weighted by Crippen LogP contribution is -2.53. The van der Waals surface area contributed by atoms with Crippen molar-refractivity contribution in [3.63, 3.8) is 0 Å². The number of carbonyl (C=O) groups is 2. The number of ether oxygens (including phenoxy) is 1. The Bertz CT molecular complexity index is 793. The molecule has 1 saturated heterocycles. The second-order valence-corrected chi connectivity index (χ2v) is 6.81. The normalized spacial score (nSPS) is 15.9. The number of aryl methyl sites for hydroxylation is 1. The summed E-state index contributed by atoms with van der Waals surface area (Å²) in [6.45, 7) is 8.07. The summed E-state index contributed by atoms with van der Waals surface area (Å²) in [4.78, 5) is 32.1. The molecule has 3 heterocycles. The van der Waals surface area contributed by atoms with Crippen molar-refractivity contribution in [1.82, 2.24) is 19.5 Å². The van der Waals surface area contributed by atoms with E-state index in [0.29, 0.717) is 24.4 Å². The Morgan fingerprint density at radius 2 is 2.04 bits per heavy atom. The van der Waals surface area contributed by atoms with Gasteiger partial charge in [-0.05, 0) is 33.8 Å². The zero-order valence-electron chi connectivity index (χ0n) is 14.3. The Balaban J connectivity index is 1.77. The van der Waals surface area contributed by atoms with Crippen LogP contribution in [0.3, 0.4) is 0 Å². The van der Waals surface area contributed by atoms with Gasteiger partial charge in [-0.1, -0.05) is 0 Å². The molecule has 128 valence electrons. The number of carbonyl (C=O) groups excluding carboxylic acids is 2. The molecule has 2 aromatic rings. The lowest BCUT2D eigenvalue weighted by molar-refractivity contribution is -0.121. The summed E-state index contributed by atoms with van der Waals surface area (Å²) in [7, 11) is 0. The first kappa shape index (κ1) is 16.2. The smallest absolute Gasteiger partial charge is 0.410 e. The van der Waals surface area contributed by atoms with Crippen LogP contribution in [0.25, 0.3) is 5.65 Å². The van der Waals surface area contributed by atoms with Gasteiger partial charge in [-0.3, -0.25) is 9.69 Å². The molecule has 8 nitrogen and oxygen atoms in total. The number of fused-ring (bicyclic) bond motifs is 1. The van der Waals surface area contributed by atoms with Crippen LogP contribution in [0.15, 0.2) is 18.5 Å². The maximum absolute atomic E-state index is 12.5. The molecule has 0 aromatic carbocycles. The highest BCUT2D eigenvalue weighted by molar-refractivity contribution is 5.99. The van der Waals surface area contributed by atoms with Crippen LogP contribution >= 0.6 is 0 Å². The van der Waals surface area contributed by atoms with E-state index in [4.69, 9.17) is 4.74 Å². The van der Waals surface area contributed by atoms with Gasteiger partial charge in [-0.25, -0.2) is 14.3 Å². The molecule has 2 amide bonds. The van der Waals surface area contributed by atoms with E-state index >= 15 is 0 Å². The molecule has 8 heteroatoms. The number of rotatable bonds is 1. The summed E-state index contributed by atoms with van der Waals surface area (Å²) < 4.78 is 6.96. The maximum atomic E-state index is 12.5. The molecule has 0 spiro atoms. The van der Waals surface area contributed by atoms with Gasteiger partial charge < -0.3 is 9.64 Å². The summed E-state index contributed by atoms with van der Waals surface area (Å²) in [5, 5.41) is 4.23. The molecule has 1 aliphatic rings. The fraction of sp³-hybridized carbons (Fsp3) is 0.500. The Labute approximate surface area is 140 Å². The molecular formula is C16H21N5O3. The zero-order chi connectivity index (χ0) is 17.5. The fourth-order valence-corrected chi connectivity index (χ4v) is 2.55. The molecule has 0 bridgehead atoms. The summed E-state index contributed by atoms with van der Waals surface area (Å²) in [6, 6.07) is 1.85. The topological polar surface area (TPSA) is 80.0 Å². The fourth-order valence-electron chi connectivity index (χ4n) is 2.55. The summed E-state index contributed by atoms with van der Waals surface area (Å²) in [5.74, 6) is -0.176. The van der Waals surface area contributed by atoms with Gasteiger partial charge in [0.2, 0.25) is 5.91 Å². The van der Waals surface area contributed by atoms with Crippen LogP contribution in [-0.4, -0.2) is 56.7 Å². The van der Waals surface area contributed by atoms with E-state index in [1.807, 2.05) is 19.2 Å². The highest BCUT2D eigenvalue weighted by Crippen LogP contribution is 2.22. The Morgan fingerprint density at radius 3 is 2.71 bits per heavy atom. The lowest BCUT2D eigenvalue weighted by Gasteiger charge is -2.34. The minimum atomic E-state index is -0.582. The van der Waals surface area contributed by atoms with Crippen molar-refractivity contribution in [3.8, 4) is 0 Å². The van der Waals surface area contributed by atoms with Crippen molar-refractivity contribution in [2.75, 3.05) is 24.5 Å². The van der Waals surface area contributed by atoms with E-state index in [9.17, 15) is 9.59 Å². The molecule has 0 saturated carbocycles. The number of piperazine rings is 1. The van der Waals surface area contributed by atoms with Gasteiger partial charge in [-0.15, -0.1) is 0 Å². The van der Waals surface area contributed by atoms with Crippen molar-refractivity contribution in [2.24, 2.45) is 0 Å². The van der Waals surface area contributed by atoms with E-state index in [1.165, 1.54) is 4.90 Å². The zero-order valence-corrected chi connectivity index (χ0v) is 14.3. The third kappa shape index (κ3) is 3.17. The van der Waals surface area contributed by atoms with Gasteiger partial charge in [0, 0.05) is 25.0 Å². The van der Waals surface area contributed by atoms with Crippen molar-refractivity contribution >= 4 is 23.3 Å². The van der Waals surface area contributed by atoms with E-state index < -0.39 is 11.7 Å². The monoisotopic (exact) mass is 331 g/mol. The molecule has 1 aliphatic heterocycles. The SMILES string of the molecule is Cc1ccn2ncc(N3CCN(C(=O)OC(C)(C)C)CC3=O)c2n1. The molecule has 2 aromatic heterocycles. The molecule has 24 heavy (non-hydrogen) atoms. The summed E-state index contributed by atoms with van der Waals surface area (Å²) >= 11 is 0. The molecule has 1 fully saturated rings. The van der Waals surface area contributed by atoms with Gasteiger partial charge in [0.05, 0.1) is 6.20 Å². The van der Waals surface area contributed by atoms with Crippen LogP contribution in [-0.2, 0) is 9.53 Å². The Kier molecular flexibility index (Phi) is 3.90. The van der Waals surface area contributed by atoms with E-state index in [0.717, 1.165) is 5.69 Å². The molecule has 3 rings (SSSR count). The van der Waals surface area contributed by atoms with E-state index in [-0.39, 0.29) is 12.5 Å². The first-order chi connectivity index (χ1) is 11.2. The van der Waals surface area contributed by atoms with Crippen molar-refractivity contribution in [1.29, 1.82) is 0 Å². The minimum Gasteiger partial charge on any atom is -0.444 e. The van der Waals surface area contributed by atoms with E-state index in [1.54, 1.807) is 36.4 Å². The summed E-state index contributed by atoms with van der Waals surface area (Å²) in [6.07, 6.45) is 2.97. The van der Waals surface area contributed by atoms with Gasteiger partial charge in [0.1, 0.15) is 17.8 Å². The average Bonchev–Trinajstić information content (AvgIpc) is 2.88. The first-order valence-corrected chi connectivity index (χ1v) is 7.84. The van der Waals surface area contributed by atoms with Crippen LogP contribution in [0.2, 0.25) is 0 Å². The van der Waals surface area contributed by atoms with Crippen LogP contribution in [0.1, 0.15) is 26.5 Å². The van der Waals surface area contributed by atoms with Crippen molar-refractivity contribution in [2.45, 2.75) is 33.3 Å². The third-order valence-electron chi connectivity index (χ3n) is 3.65. The number of amides is 2. The molecule has 0 N–H and O–H groups in total. The minimum absolute atomic E-state index is 0.0158. The maximum Gasteiger partial charge on any atom is 0.410 e.